The molecule has 3 aromatic carbocycles. The average molecular weight is 430 g/mol. The lowest BCUT2D eigenvalue weighted by atomic mass is 9.98. The van der Waals surface area contributed by atoms with E-state index in [1.165, 1.54) is 12.1 Å². The highest BCUT2D eigenvalue weighted by molar-refractivity contribution is 6.06. The van der Waals surface area contributed by atoms with Gasteiger partial charge in [-0.1, -0.05) is 66.7 Å². The molecule has 0 unspecified atom stereocenters. The van der Waals surface area contributed by atoms with Gasteiger partial charge in [0.2, 0.25) is 0 Å². The Morgan fingerprint density at radius 3 is 2.00 bits per heavy atom. The number of pyridine rings is 1. The maximum absolute atomic E-state index is 12.9. The first-order valence-electron chi connectivity index (χ1n) is 9.98. The third-order valence-corrected chi connectivity index (χ3v) is 5.16. The van der Waals surface area contributed by atoms with Gasteiger partial charge >= 0.3 is 6.36 Å². The van der Waals surface area contributed by atoms with Crippen LogP contribution >= 0.6 is 0 Å². The number of hydrogen-bond acceptors (Lipinski definition) is 2. The van der Waals surface area contributed by atoms with Gasteiger partial charge in [-0.3, -0.25) is 4.57 Å². The molecular weight excluding hydrogens is 413 g/mol. The first-order chi connectivity index (χ1) is 15.5. The van der Waals surface area contributed by atoms with Crippen molar-refractivity contribution >= 4 is 10.9 Å². The molecule has 0 aliphatic carbocycles. The summed E-state index contributed by atoms with van der Waals surface area (Å²) >= 11 is 0. The Morgan fingerprint density at radius 2 is 1.38 bits per heavy atom. The number of fused-ring (bicyclic) bond motifs is 1. The summed E-state index contributed by atoms with van der Waals surface area (Å²) in [5.41, 5.74) is 4.19. The molecule has 0 N–H and O–H groups in total. The number of alkyl halides is 3. The lowest BCUT2D eigenvalue weighted by Gasteiger charge is -2.12. The molecule has 0 radical (unpaired) electrons. The third-order valence-electron chi connectivity index (χ3n) is 5.16. The second-order valence-corrected chi connectivity index (χ2v) is 7.21. The van der Waals surface area contributed by atoms with Crippen LogP contribution in [-0.2, 0) is 0 Å². The number of nitrogens with zero attached hydrogens (tertiary/aromatic N) is 2. The monoisotopic (exact) mass is 430 g/mol. The van der Waals surface area contributed by atoms with E-state index in [1.807, 2.05) is 83.4 Å². The zero-order valence-corrected chi connectivity index (χ0v) is 16.8. The van der Waals surface area contributed by atoms with Crippen LogP contribution in [-0.4, -0.2) is 15.9 Å². The van der Waals surface area contributed by atoms with E-state index in [2.05, 4.69) is 9.72 Å². The van der Waals surface area contributed by atoms with E-state index in [0.717, 1.165) is 27.9 Å². The topological polar surface area (TPSA) is 27.1 Å². The standard InChI is InChI=1S/C26H17F3N2O/c27-26(28,29)32-20-14-15-22-21(17-20)24(18-9-3-1-4-10-18)25(19-11-5-2-6-12-19)31(22)23-13-7-8-16-30-23/h1-17H. The third kappa shape index (κ3) is 3.71. The van der Waals surface area contributed by atoms with Crippen LogP contribution in [0.2, 0.25) is 0 Å². The van der Waals surface area contributed by atoms with Gasteiger partial charge in [-0.2, -0.15) is 0 Å². The molecule has 0 saturated carbocycles. The number of benzene rings is 3. The lowest BCUT2D eigenvalue weighted by Crippen LogP contribution is -2.17. The van der Waals surface area contributed by atoms with E-state index in [9.17, 15) is 13.2 Å². The Kier molecular flexibility index (Phi) is 4.90. The summed E-state index contributed by atoms with van der Waals surface area (Å²) in [5.74, 6) is 0.406. The van der Waals surface area contributed by atoms with Crippen molar-refractivity contribution in [3.8, 4) is 34.0 Å². The Hall–Kier alpha value is -4.06. The predicted molar refractivity (Wildman–Crippen MR) is 119 cm³/mol. The fourth-order valence-corrected chi connectivity index (χ4v) is 3.96. The normalized spacial score (nSPS) is 11.6. The summed E-state index contributed by atoms with van der Waals surface area (Å²) in [5, 5.41) is 0.641. The summed E-state index contributed by atoms with van der Waals surface area (Å²) in [4.78, 5) is 4.53. The molecular formula is C26H17F3N2O. The molecule has 32 heavy (non-hydrogen) atoms. The van der Waals surface area contributed by atoms with E-state index in [-0.39, 0.29) is 5.75 Å². The van der Waals surface area contributed by atoms with Gasteiger partial charge in [0, 0.05) is 17.1 Å². The molecule has 6 heteroatoms. The van der Waals surface area contributed by atoms with E-state index in [0.29, 0.717) is 11.2 Å². The number of ether oxygens (including phenoxy) is 1. The van der Waals surface area contributed by atoms with Crippen LogP contribution in [0.3, 0.4) is 0 Å². The Morgan fingerprint density at radius 1 is 0.719 bits per heavy atom. The molecule has 0 aliphatic rings. The van der Waals surface area contributed by atoms with Crippen molar-refractivity contribution in [2.75, 3.05) is 0 Å². The Labute approximate surface area is 182 Å². The highest BCUT2D eigenvalue weighted by atomic mass is 19.4. The summed E-state index contributed by atoms with van der Waals surface area (Å²) < 4.78 is 45.0. The molecule has 2 heterocycles. The van der Waals surface area contributed by atoms with Gasteiger partial charge in [0.1, 0.15) is 11.6 Å². The molecule has 5 rings (SSSR count). The van der Waals surface area contributed by atoms with Gasteiger partial charge in [-0.15, -0.1) is 13.2 Å². The average Bonchev–Trinajstić information content (AvgIpc) is 3.14. The minimum atomic E-state index is -4.77. The van der Waals surface area contributed by atoms with Crippen molar-refractivity contribution in [1.29, 1.82) is 0 Å². The lowest BCUT2D eigenvalue weighted by molar-refractivity contribution is -0.274. The van der Waals surface area contributed by atoms with Crippen molar-refractivity contribution < 1.29 is 17.9 Å². The van der Waals surface area contributed by atoms with Gasteiger partial charge in [0.25, 0.3) is 0 Å². The van der Waals surface area contributed by atoms with Crippen LogP contribution in [0.15, 0.2) is 103 Å². The maximum Gasteiger partial charge on any atom is 0.573 e. The summed E-state index contributed by atoms with van der Waals surface area (Å²) in [6.45, 7) is 0. The molecule has 0 fully saturated rings. The van der Waals surface area contributed by atoms with E-state index in [4.69, 9.17) is 0 Å². The van der Waals surface area contributed by atoms with Gasteiger partial charge in [-0.05, 0) is 41.5 Å². The molecule has 0 aliphatic heterocycles. The number of halogens is 3. The molecule has 3 nitrogen and oxygen atoms in total. The Balaban J connectivity index is 1.91. The smallest absolute Gasteiger partial charge is 0.406 e. The van der Waals surface area contributed by atoms with E-state index < -0.39 is 6.36 Å². The fraction of sp³-hybridized carbons (Fsp3) is 0.0385. The zero-order valence-electron chi connectivity index (χ0n) is 16.8. The van der Waals surface area contributed by atoms with Gasteiger partial charge < -0.3 is 4.74 Å². The Bertz CT molecular complexity index is 1360. The first kappa shape index (κ1) is 19.9. The highest BCUT2D eigenvalue weighted by Crippen LogP contribution is 2.43. The van der Waals surface area contributed by atoms with E-state index in [1.54, 1.807) is 12.3 Å². The zero-order chi connectivity index (χ0) is 22.1. The highest BCUT2D eigenvalue weighted by Gasteiger charge is 2.31. The van der Waals surface area contributed by atoms with Gasteiger partial charge in [0.05, 0.1) is 11.2 Å². The predicted octanol–water partition coefficient (Wildman–Crippen LogP) is 7.26. The molecule has 0 saturated heterocycles. The summed E-state index contributed by atoms with van der Waals surface area (Å²) in [6, 6.07) is 29.4. The molecule has 158 valence electrons. The maximum atomic E-state index is 12.9. The molecule has 2 aromatic heterocycles. The fourth-order valence-electron chi connectivity index (χ4n) is 3.96. The molecule has 0 spiro atoms. The number of aromatic nitrogens is 2. The molecule has 0 atom stereocenters. The van der Waals surface area contributed by atoms with Crippen molar-refractivity contribution in [3.63, 3.8) is 0 Å². The van der Waals surface area contributed by atoms with Crippen molar-refractivity contribution in [2.24, 2.45) is 0 Å². The molecule has 0 amide bonds. The minimum absolute atomic E-state index is 0.264. The summed E-state index contributed by atoms with van der Waals surface area (Å²) in [6.07, 6.45) is -3.08. The molecule has 5 aromatic rings. The van der Waals surface area contributed by atoms with Crippen LogP contribution in [0.4, 0.5) is 13.2 Å². The van der Waals surface area contributed by atoms with E-state index >= 15 is 0 Å². The van der Waals surface area contributed by atoms with Crippen LogP contribution in [0.1, 0.15) is 0 Å². The summed E-state index contributed by atoms with van der Waals surface area (Å²) in [7, 11) is 0. The quantitative estimate of drug-likeness (QED) is 0.300. The first-order valence-corrected chi connectivity index (χ1v) is 9.98. The van der Waals surface area contributed by atoms with Crippen LogP contribution in [0.25, 0.3) is 39.1 Å². The van der Waals surface area contributed by atoms with Crippen molar-refractivity contribution in [3.05, 3.63) is 103 Å². The van der Waals surface area contributed by atoms with Crippen LogP contribution in [0.5, 0.6) is 5.75 Å². The van der Waals surface area contributed by atoms with Gasteiger partial charge in [-0.25, -0.2) is 4.98 Å². The SMILES string of the molecule is FC(F)(F)Oc1ccc2c(c1)c(-c1ccccc1)c(-c1ccccc1)n2-c1ccccn1. The second kappa shape index (κ2) is 7.89. The van der Waals surface area contributed by atoms with Crippen molar-refractivity contribution in [1.82, 2.24) is 9.55 Å². The van der Waals surface area contributed by atoms with Crippen LogP contribution < -0.4 is 4.74 Å². The largest absolute Gasteiger partial charge is 0.573 e. The van der Waals surface area contributed by atoms with Crippen LogP contribution in [0, 0.1) is 0 Å². The number of rotatable bonds is 4. The molecule has 0 bridgehead atoms. The number of hydrogen-bond donors (Lipinski definition) is 0. The van der Waals surface area contributed by atoms with Crippen molar-refractivity contribution in [2.45, 2.75) is 6.36 Å². The van der Waals surface area contributed by atoms with Gasteiger partial charge in [0.15, 0.2) is 0 Å². The second-order valence-electron chi connectivity index (χ2n) is 7.21. The minimum Gasteiger partial charge on any atom is -0.406 e.